The third-order valence-electron chi connectivity index (χ3n) is 6.59. The predicted octanol–water partition coefficient (Wildman–Crippen LogP) is 2.17. The average molecular weight is 519 g/mol. The van der Waals surface area contributed by atoms with Crippen molar-refractivity contribution in [1.29, 1.82) is 0 Å². The molecule has 10 heteroatoms. The Morgan fingerprint density at radius 2 is 1.79 bits per heavy atom. The van der Waals surface area contributed by atoms with E-state index in [4.69, 9.17) is 18.9 Å². The average Bonchev–Trinajstić information content (AvgIpc) is 3.30. The molecule has 198 valence electrons. The van der Waals surface area contributed by atoms with Gasteiger partial charge in [0.05, 0.1) is 20.3 Å². The van der Waals surface area contributed by atoms with Gasteiger partial charge in [-0.3, -0.25) is 19.5 Å². The summed E-state index contributed by atoms with van der Waals surface area (Å²) in [7, 11) is 3.08. The minimum absolute atomic E-state index is 0.228. The van der Waals surface area contributed by atoms with Crippen LogP contribution in [0, 0.1) is 0 Å². The summed E-state index contributed by atoms with van der Waals surface area (Å²) in [5.74, 6) is 1.26. The number of nitrogens with zero attached hydrogens (tertiary/aromatic N) is 2. The van der Waals surface area contributed by atoms with Gasteiger partial charge in [-0.1, -0.05) is 6.07 Å². The van der Waals surface area contributed by atoms with E-state index in [9.17, 15) is 9.59 Å². The molecule has 3 aliphatic rings. The molecule has 1 saturated heterocycles. The summed E-state index contributed by atoms with van der Waals surface area (Å²) in [5.41, 5.74) is 2.36. The summed E-state index contributed by atoms with van der Waals surface area (Å²) < 4.78 is 23.1. The van der Waals surface area contributed by atoms with Crippen LogP contribution < -0.4 is 29.6 Å². The van der Waals surface area contributed by atoms with Gasteiger partial charge in [0, 0.05) is 44.1 Å². The maximum atomic E-state index is 13.3. The first-order valence-electron chi connectivity index (χ1n) is 12.4. The quantitative estimate of drug-likeness (QED) is 0.541. The van der Waals surface area contributed by atoms with Crippen LogP contribution in [0.2, 0.25) is 0 Å². The molecule has 0 unspecified atom stereocenters. The third-order valence-corrected chi connectivity index (χ3v) is 6.59. The number of rotatable bonds is 4. The highest BCUT2D eigenvalue weighted by atomic mass is 16.5. The molecule has 3 aromatic rings. The lowest BCUT2D eigenvalue weighted by molar-refractivity contribution is -0.123. The molecule has 0 saturated carbocycles. The van der Waals surface area contributed by atoms with Crippen molar-refractivity contribution in [3.63, 3.8) is 0 Å². The molecule has 2 N–H and O–H groups in total. The normalized spacial score (nSPS) is 19.8. The van der Waals surface area contributed by atoms with Crippen LogP contribution in [0.3, 0.4) is 0 Å². The Bertz CT molecular complexity index is 1300. The molecule has 2 aromatic carbocycles. The van der Waals surface area contributed by atoms with Crippen molar-refractivity contribution in [2.75, 3.05) is 33.9 Å². The van der Waals surface area contributed by atoms with Crippen molar-refractivity contribution in [1.82, 2.24) is 20.5 Å². The Hall–Kier alpha value is -4.31. The molecule has 2 amide bonds. The van der Waals surface area contributed by atoms with Crippen molar-refractivity contribution in [3.8, 4) is 23.0 Å². The van der Waals surface area contributed by atoms with Crippen LogP contribution in [0.15, 0.2) is 60.9 Å². The van der Waals surface area contributed by atoms with E-state index in [1.165, 1.54) is 7.11 Å². The Balaban J connectivity index is 1.46. The van der Waals surface area contributed by atoms with Crippen molar-refractivity contribution >= 4 is 11.8 Å². The molecule has 2 atom stereocenters. The van der Waals surface area contributed by atoms with Gasteiger partial charge >= 0.3 is 0 Å². The minimum atomic E-state index is -0.329. The number of fused-ring (bicyclic) bond motifs is 7. The number of nitrogens with one attached hydrogen (secondary N) is 2. The SMILES string of the molecule is COc1ccc2cc1OCC(=O)NCc1ccc(c(OC)c1)O[C@H]1CN(Cc3ccncc3)C[C@@H]1NC2=O. The van der Waals surface area contributed by atoms with Gasteiger partial charge in [-0.15, -0.1) is 0 Å². The number of ether oxygens (including phenoxy) is 4. The lowest BCUT2D eigenvalue weighted by Crippen LogP contribution is -2.45. The number of amides is 2. The number of pyridine rings is 1. The third kappa shape index (κ3) is 5.81. The number of carbonyl (C=O) groups is 2. The van der Waals surface area contributed by atoms with E-state index in [2.05, 4.69) is 20.5 Å². The van der Waals surface area contributed by atoms with E-state index in [0.717, 1.165) is 11.1 Å². The Kier molecular flexibility index (Phi) is 7.60. The monoisotopic (exact) mass is 518 g/mol. The highest BCUT2D eigenvalue weighted by molar-refractivity contribution is 5.95. The van der Waals surface area contributed by atoms with E-state index < -0.39 is 0 Å². The number of aromatic nitrogens is 1. The lowest BCUT2D eigenvalue weighted by Gasteiger charge is -2.23. The number of carbonyl (C=O) groups excluding carboxylic acids is 2. The first-order chi connectivity index (χ1) is 18.5. The van der Waals surface area contributed by atoms with Gasteiger partial charge in [0.25, 0.3) is 11.8 Å². The highest BCUT2D eigenvalue weighted by Crippen LogP contribution is 2.32. The zero-order valence-electron chi connectivity index (χ0n) is 21.3. The maximum absolute atomic E-state index is 13.3. The summed E-state index contributed by atoms with van der Waals surface area (Å²) in [6.45, 7) is 1.96. The van der Waals surface area contributed by atoms with Crippen LogP contribution in [-0.4, -0.2) is 67.8 Å². The molecular weight excluding hydrogens is 488 g/mol. The fourth-order valence-electron chi connectivity index (χ4n) is 4.65. The van der Waals surface area contributed by atoms with Gasteiger partial charge in [0.1, 0.15) is 6.10 Å². The molecule has 0 radical (unpaired) electrons. The molecule has 0 aliphatic carbocycles. The van der Waals surface area contributed by atoms with Gasteiger partial charge < -0.3 is 29.6 Å². The van der Waals surface area contributed by atoms with Gasteiger partial charge in [0.15, 0.2) is 29.6 Å². The molecule has 38 heavy (non-hydrogen) atoms. The number of hydrogen-bond donors (Lipinski definition) is 2. The second-order valence-electron chi connectivity index (χ2n) is 9.20. The Morgan fingerprint density at radius 3 is 2.58 bits per heavy atom. The molecule has 4 heterocycles. The van der Waals surface area contributed by atoms with Crippen molar-refractivity contribution < 1.29 is 28.5 Å². The summed E-state index contributed by atoms with van der Waals surface area (Å²) in [6, 6.07) is 14.1. The van der Waals surface area contributed by atoms with Gasteiger partial charge in [-0.2, -0.15) is 0 Å². The van der Waals surface area contributed by atoms with Gasteiger partial charge in [-0.05, 0) is 53.6 Å². The van der Waals surface area contributed by atoms with Crippen LogP contribution in [0.5, 0.6) is 23.0 Å². The molecule has 3 aliphatic heterocycles. The van der Waals surface area contributed by atoms with Crippen LogP contribution in [0.25, 0.3) is 0 Å². The Morgan fingerprint density at radius 1 is 0.974 bits per heavy atom. The smallest absolute Gasteiger partial charge is 0.258 e. The van der Waals surface area contributed by atoms with Crippen molar-refractivity contribution in [3.05, 3.63) is 77.6 Å². The van der Waals surface area contributed by atoms with Crippen LogP contribution in [-0.2, 0) is 17.9 Å². The van der Waals surface area contributed by atoms with E-state index >= 15 is 0 Å². The molecule has 6 rings (SSSR count). The summed E-state index contributed by atoms with van der Waals surface area (Å²) in [6.07, 6.45) is 3.21. The van der Waals surface area contributed by atoms with E-state index in [-0.39, 0.29) is 30.6 Å². The molecule has 4 bridgehead atoms. The first-order valence-corrected chi connectivity index (χ1v) is 12.4. The van der Waals surface area contributed by atoms with Crippen molar-refractivity contribution in [2.45, 2.75) is 25.2 Å². The Labute approximate surface area is 220 Å². The second kappa shape index (κ2) is 11.4. The lowest BCUT2D eigenvalue weighted by atomic mass is 10.1. The zero-order valence-corrected chi connectivity index (χ0v) is 21.3. The first kappa shape index (κ1) is 25.3. The second-order valence-corrected chi connectivity index (χ2v) is 9.20. The predicted molar refractivity (Wildman–Crippen MR) is 139 cm³/mol. The van der Waals surface area contributed by atoms with Gasteiger partial charge in [-0.25, -0.2) is 0 Å². The van der Waals surface area contributed by atoms with Crippen molar-refractivity contribution in [2.24, 2.45) is 0 Å². The molecule has 0 spiro atoms. The topological polar surface area (TPSA) is 111 Å². The van der Waals surface area contributed by atoms with Crippen LogP contribution in [0.1, 0.15) is 21.5 Å². The largest absolute Gasteiger partial charge is 0.493 e. The molecular formula is C28H30N4O6. The van der Waals surface area contributed by atoms with Crippen LogP contribution in [0.4, 0.5) is 0 Å². The standard InChI is InChI=1S/C28H30N4O6/c1-35-22-6-4-20-12-25(22)37-17-27(33)30-13-19-3-5-23(24(11-19)36-2)38-26-16-32(15-21(26)31-28(20)34)14-18-7-9-29-10-8-18/h3-12,21,26H,13-17H2,1-2H3,(H,30,33)(H,31,34)/t21-,26-/m0/s1. The van der Waals surface area contributed by atoms with Gasteiger partial charge in [0.2, 0.25) is 0 Å². The van der Waals surface area contributed by atoms with E-state index in [1.807, 2.05) is 30.3 Å². The molecule has 1 aromatic heterocycles. The number of likely N-dealkylation sites (tertiary alicyclic amines) is 1. The summed E-state index contributed by atoms with van der Waals surface area (Å²) >= 11 is 0. The number of benzene rings is 2. The number of hydrogen-bond acceptors (Lipinski definition) is 8. The van der Waals surface area contributed by atoms with E-state index in [1.54, 1.807) is 37.7 Å². The fourth-order valence-corrected chi connectivity index (χ4v) is 4.65. The minimum Gasteiger partial charge on any atom is -0.493 e. The summed E-state index contributed by atoms with van der Waals surface area (Å²) in [4.78, 5) is 32.1. The molecule has 1 fully saturated rings. The number of methoxy groups -OCH3 is 2. The molecule has 10 nitrogen and oxygen atoms in total. The zero-order chi connectivity index (χ0) is 26.5. The summed E-state index contributed by atoms with van der Waals surface area (Å²) in [5, 5.41) is 5.97. The highest BCUT2D eigenvalue weighted by Gasteiger charge is 2.36. The van der Waals surface area contributed by atoms with E-state index in [0.29, 0.717) is 54.7 Å². The van der Waals surface area contributed by atoms with Crippen LogP contribution >= 0.6 is 0 Å². The maximum Gasteiger partial charge on any atom is 0.258 e. The fraction of sp³-hybridized carbons (Fsp3) is 0.321.